The summed E-state index contributed by atoms with van der Waals surface area (Å²) in [5.41, 5.74) is 3.07. The van der Waals surface area contributed by atoms with Crippen molar-refractivity contribution in [2.75, 3.05) is 23.7 Å². The number of halogens is 2. The Morgan fingerprint density at radius 3 is 2.26 bits per heavy atom. The van der Waals surface area contributed by atoms with Crippen molar-refractivity contribution >= 4 is 55.1 Å². The van der Waals surface area contributed by atoms with Gasteiger partial charge in [0.1, 0.15) is 6.04 Å². The molecule has 0 fully saturated rings. The molecule has 3 aromatic carbocycles. The molecule has 0 heterocycles. The maximum atomic E-state index is 13.9. The van der Waals surface area contributed by atoms with E-state index in [9.17, 15) is 18.0 Å². The quantitative estimate of drug-likeness (QED) is 0.215. The van der Waals surface area contributed by atoms with Crippen molar-refractivity contribution in [3.8, 4) is 0 Å². The first-order valence-electron chi connectivity index (χ1n) is 13.9. The zero-order valence-electron chi connectivity index (χ0n) is 24.5. The van der Waals surface area contributed by atoms with E-state index >= 15 is 0 Å². The van der Waals surface area contributed by atoms with Gasteiger partial charge in [0.2, 0.25) is 21.8 Å². The number of rotatable bonds is 14. The molecule has 3 rings (SSSR count). The third kappa shape index (κ3) is 10.1. The van der Waals surface area contributed by atoms with Crippen LogP contribution in [0.5, 0.6) is 0 Å². The van der Waals surface area contributed by atoms with Gasteiger partial charge in [0.05, 0.1) is 11.9 Å². The fourth-order valence-corrected chi connectivity index (χ4v) is 6.04. The molecule has 226 valence electrons. The smallest absolute Gasteiger partial charge is 0.243 e. The van der Waals surface area contributed by atoms with Crippen LogP contribution in [0.3, 0.4) is 0 Å². The highest BCUT2D eigenvalue weighted by Crippen LogP contribution is 2.27. The Morgan fingerprint density at radius 1 is 0.976 bits per heavy atom. The Morgan fingerprint density at radius 2 is 1.64 bits per heavy atom. The summed E-state index contributed by atoms with van der Waals surface area (Å²) in [5.74, 6) is -0.195. The van der Waals surface area contributed by atoms with Crippen molar-refractivity contribution < 1.29 is 18.0 Å². The Kier molecular flexibility index (Phi) is 12.4. The van der Waals surface area contributed by atoms with Crippen LogP contribution in [0.2, 0.25) is 5.02 Å². The third-order valence-corrected chi connectivity index (χ3v) is 8.76. The summed E-state index contributed by atoms with van der Waals surface area (Å²) in [6.45, 7) is 6.69. The first-order chi connectivity index (χ1) is 19.8. The molecular formula is C32H39BrClN3O4S. The van der Waals surface area contributed by atoms with Crippen LogP contribution in [0, 0.1) is 12.8 Å². The second kappa shape index (κ2) is 15.5. The van der Waals surface area contributed by atoms with Gasteiger partial charge in [-0.1, -0.05) is 89.9 Å². The van der Waals surface area contributed by atoms with E-state index in [1.807, 2.05) is 75.4 Å². The highest BCUT2D eigenvalue weighted by Gasteiger charge is 2.30. The molecule has 1 atom stereocenters. The Labute approximate surface area is 263 Å². The Bertz CT molecular complexity index is 1450. The number of carbonyl (C=O) groups excluding carboxylic acids is 2. The average Bonchev–Trinajstić information content (AvgIpc) is 2.94. The summed E-state index contributed by atoms with van der Waals surface area (Å²) < 4.78 is 27.7. The van der Waals surface area contributed by atoms with Gasteiger partial charge in [-0.15, -0.1) is 0 Å². The van der Waals surface area contributed by atoms with Crippen LogP contribution >= 0.6 is 27.5 Å². The van der Waals surface area contributed by atoms with Crippen LogP contribution in [0.4, 0.5) is 5.69 Å². The number of hydrogen-bond acceptors (Lipinski definition) is 4. The van der Waals surface area contributed by atoms with Crippen LogP contribution in [0.15, 0.2) is 77.3 Å². The lowest BCUT2D eigenvalue weighted by atomic mass is 10.0. The summed E-state index contributed by atoms with van der Waals surface area (Å²) >= 11 is 9.63. The first kappa shape index (κ1) is 33.6. The van der Waals surface area contributed by atoms with E-state index in [0.29, 0.717) is 23.7 Å². The van der Waals surface area contributed by atoms with E-state index in [1.54, 1.807) is 23.1 Å². The molecule has 0 spiro atoms. The largest absolute Gasteiger partial charge is 0.354 e. The second-order valence-corrected chi connectivity index (χ2v) is 14.1. The second-order valence-electron chi connectivity index (χ2n) is 10.9. The summed E-state index contributed by atoms with van der Waals surface area (Å²) in [4.78, 5) is 29.1. The van der Waals surface area contributed by atoms with E-state index in [2.05, 4.69) is 21.2 Å². The highest BCUT2D eigenvalue weighted by atomic mass is 79.9. The van der Waals surface area contributed by atoms with Crippen molar-refractivity contribution in [1.29, 1.82) is 0 Å². The fraction of sp³-hybridized carbons (Fsp3) is 0.375. The van der Waals surface area contributed by atoms with Crippen LogP contribution in [0.25, 0.3) is 0 Å². The number of anilines is 1. The minimum Gasteiger partial charge on any atom is -0.354 e. The van der Waals surface area contributed by atoms with Gasteiger partial charge in [-0.3, -0.25) is 13.9 Å². The minimum atomic E-state index is -3.63. The number of hydrogen-bond donors (Lipinski definition) is 1. The van der Waals surface area contributed by atoms with Gasteiger partial charge in [0.15, 0.2) is 0 Å². The predicted octanol–water partition coefficient (Wildman–Crippen LogP) is 6.37. The van der Waals surface area contributed by atoms with Gasteiger partial charge in [-0.25, -0.2) is 8.42 Å². The fourth-order valence-electron chi connectivity index (χ4n) is 4.60. The average molecular weight is 677 g/mol. The van der Waals surface area contributed by atoms with Crippen molar-refractivity contribution in [2.45, 2.75) is 52.6 Å². The van der Waals surface area contributed by atoms with Crippen LogP contribution in [-0.4, -0.2) is 50.5 Å². The molecule has 2 amide bonds. The highest BCUT2D eigenvalue weighted by molar-refractivity contribution is 9.10. The van der Waals surface area contributed by atoms with Gasteiger partial charge >= 0.3 is 0 Å². The lowest BCUT2D eigenvalue weighted by Crippen LogP contribution is -2.51. The number of aryl methyl sites for hydroxylation is 1. The van der Waals surface area contributed by atoms with E-state index in [1.165, 1.54) is 4.31 Å². The van der Waals surface area contributed by atoms with Gasteiger partial charge < -0.3 is 10.2 Å². The monoisotopic (exact) mass is 675 g/mol. The van der Waals surface area contributed by atoms with Crippen LogP contribution in [0.1, 0.15) is 43.4 Å². The number of sulfonamides is 1. The van der Waals surface area contributed by atoms with E-state index in [0.717, 1.165) is 27.4 Å². The lowest BCUT2D eigenvalue weighted by molar-refractivity contribution is -0.141. The molecule has 0 unspecified atom stereocenters. The maximum absolute atomic E-state index is 13.9. The van der Waals surface area contributed by atoms with Gasteiger partial charge in [-0.2, -0.15) is 0 Å². The summed E-state index contributed by atoms with van der Waals surface area (Å²) in [5, 5.41) is 3.45. The zero-order valence-corrected chi connectivity index (χ0v) is 27.7. The molecule has 0 saturated carbocycles. The lowest BCUT2D eigenvalue weighted by Gasteiger charge is -2.32. The molecule has 1 N–H and O–H groups in total. The summed E-state index contributed by atoms with van der Waals surface area (Å²) in [6, 6.07) is 21.6. The Hall–Kier alpha value is -2.88. The summed E-state index contributed by atoms with van der Waals surface area (Å²) in [6.07, 6.45) is 1.82. The minimum absolute atomic E-state index is 0.0604. The number of benzene rings is 3. The first-order valence-corrected chi connectivity index (χ1v) is 17.0. The molecular weight excluding hydrogens is 638 g/mol. The van der Waals surface area contributed by atoms with Gasteiger partial charge in [0, 0.05) is 42.0 Å². The predicted molar refractivity (Wildman–Crippen MR) is 174 cm³/mol. The molecule has 42 heavy (non-hydrogen) atoms. The van der Waals surface area contributed by atoms with Gasteiger partial charge in [0.25, 0.3) is 0 Å². The number of carbonyl (C=O) groups is 2. The molecule has 0 saturated heterocycles. The standard InChI is InChI=1S/C32H39BrClN3O4S/c1-23(2)21-35-32(39)30(19-25-9-6-5-7-10-25)36(22-26-13-15-27(33)16-14-26)31(38)11-8-18-37(42(4,40)41)29-20-28(34)17-12-24(29)3/h5-7,9-10,12-17,20,23,30H,8,11,18-19,21-22H2,1-4H3,(H,35,39)/t30-/m0/s1. The molecule has 0 aromatic heterocycles. The van der Waals surface area contributed by atoms with E-state index in [4.69, 9.17) is 11.6 Å². The van der Waals surface area contributed by atoms with E-state index in [-0.39, 0.29) is 43.7 Å². The summed E-state index contributed by atoms with van der Waals surface area (Å²) in [7, 11) is -3.63. The number of nitrogens with zero attached hydrogens (tertiary/aromatic N) is 2. The zero-order chi connectivity index (χ0) is 30.9. The molecule has 0 aliphatic carbocycles. The molecule has 0 aliphatic rings. The number of nitrogens with one attached hydrogen (secondary N) is 1. The third-order valence-electron chi connectivity index (χ3n) is 6.81. The maximum Gasteiger partial charge on any atom is 0.243 e. The SMILES string of the molecule is Cc1ccc(Cl)cc1N(CCCC(=O)N(Cc1ccc(Br)cc1)[C@@H](Cc1ccccc1)C(=O)NCC(C)C)S(C)(=O)=O. The Balaban J connectivity index is 1.89. The topological polar surface area (TPSA) is 86.8 Å². The molecule has 10 heteroatoms. The van der Waals surface area contributed by atoms with Crippen molar-refractivity contribution in [2.24, 2.45) is 5.92 Å². The molecule has 0 bridgehead atoms. The van der Waals surface area contributed by atoms with Crippen molar-refractivity contribution in [3.05, 3.63) is 99.0 Å². The molecule has 0 aliphatic heterocycles. The number of amides is 2. The molecule has 7 nitrogen and oxygen atoms in total. The van der Waals surface area contributed by atoms with Gasteiger partial charge in [-0.05, 0) is 60.2 Å². The molecule has 3 aromatic rings. The van der Waals surface area contributed by atoms with Crippen LogP contribution in [-0.2, 0) is 32.6 Å². The van der Waals surface area contributed by atoms with Crippen LogP contribution < -0.4 is 9.62 Å². The van der Waals surface area contributed by atoms with E-state index < -0.39 is 16.1 Å². The van der Waals surface area contributed by atoms with Crippen molar-refractivity contribution in [1.82, 2.24) is 10.2 Å². The van der Waals surface area contributed by atoms with Crippen molar-refractivity contribution in [3.63, 3.8) is 0 Å². The normalized spacial score (nSPS) is 12.2. The molecule has 0 radical (unpaired) electrons.